The molecule has 1 aromatic heterocycles. The summed E-state index contributed by atoms with van der Waals surface area (Å²) in [6.45, 7) is 2.08. The maximum atomic E-state index is 9.63. The number of hydrogen-bond acceptors (Lipinski definition) is 4. The molecule has 0 spiro atoms. The van der Waals surface area contributed by atoms with Crippen molar-refractivity contribution in [1.82, 2.24) is 4.98 Å². The smallest absolute Gasteiger partial charge is 0.149 e. The largest absolute Gasteiger partial charge is 0.396 e. The second-order valence-electron chi connectivity index (χ2n) is 5.01. The summed E-state index contributed by atoms with van der Waals surface area (Å²) in [6.07, 6.45) is 5.52. The molecule has 0 saturated heterocycles. The van der Waals surface area contributed by atoms with Gasteiger partial charge in [0, 0.05) is 5.69 Å². The summed E-state index contributed by atoms with van der Waals surface area (Å²) >= 11 is 0. The van der Waals surface area contributed by atoms with Crippen LogP contribution in [0.15, 0.2) is 12.1 Å². The monoisotopic (exact) mass is 235 g/mol. The average Bonchev–Trinajstić information content (AvgIpc) is 2.35. The zero-order valence-corrected chi connectivity index (χ0v) is 10.4. The minimum Gasteiger partial charge on any atom is -0.396 e. The van der Waals surface area contributed by atoms with E-state index >= 15 is 0 Å². The number of rotatable bonds is 3. The molecule has 1 aliphatic rings. The number of nitrogens with zero attached hydrogens (tertiary/aromatic N) is 1. The number of aryl methyl sites for hydroxylation is 1. The highest BCUT2D eigenvalue weighted by Gasteiger charge is 2.31. The zero-order chi connectivity index (χ0) is 12.3. The molecule has 94 valence electrons. The molecule has 0 aromatic carbocycles. The van der Waals surface area contributed by atoms with Crippen molar-refractivity contribution in [2.45, 2.75) is 44.6 Å². The van der Waals surface area contributed by atoms with Crippen LogP contribution in [-0.2, 0) is 0 Å². The first kappa shape index (κ1) is 12.2. The lowest BCUT2D eigenvalue weighted by atomic mass is 9.82. The summed E-state index contributed by atoms with van der Waals surface area (Å²) < 4.78 is 0. The molecule has 4 nitrogen and oxygen atoms in total. The van der Waals surface area contributed by atoms with Gasteiger partial charge < -0.3 is 16.2 Å². The molecule has 1 saturated carbocycles. The molecule has 0 unspecified atom stereocenters. The Morgan fingerprint density at radius 1 is 1.35 bits per heavy atom. The highest BCUT2D eigenvalue weighted by atomic mass is 16.3. The van der Waals surface area contributed by atoms with Gasteiger partial charge in [-0.3, -0.25) is 0 Å². The van der Waals surface area contributed by atoms with Crippen molar-refractivity contribution in [3.8, 4) is 0 Å². The van der Waals surface area contributed by atoms with Crippen LogP contribution >= 0.6 is 0 Å². The van der Waals surface area contributed by atoms with E-state index in [-0.39, 0.29) is 12.1 Å². The van der Waals surface area contributed by atoms with E-state index in [2.05, 4.69) is 10.3 Å². The maximum absolute atomic E-state index is 9.63. The molecule has 1 heterocycles. The molecule has 17 heavy (non-hydrogen) atoms. The van der Waals surface area contributed by atoms with E-state index in [1.165, 1.54) is 6.42 Å². The molecule has 4 N–H and O–H groups in total. The number of aromatic nitrogens is 1. The van der Waals surface area contributed by atoms with Crippen LogP contribution in [0.3, 0.4) is 0 Å². The SMILES string of the molecule is Cc1ccc(N)c(NC2(CO)CCCCC2)n1. The van der Waals surface area contributed by atoms with Gasteiger partial charge in [-0.1, -0.05) is 19.3 Å². The summed E-state index contributed by atoms with van der Waals surface area (Å²) in [7, 11) is 0. The van der Waals surface area contributed by atoms with Crippen LogP contribution in [0.5, 0.6) is 0 Å². The molecule has 0 bridgehead atoms. The molecule has 0 aliphatic heterocycles. The second kappa shape index (κ2) is 4.92. The third kappa shape index (κ3) is 2.69. The highest BCUT2D eigenvalue weighted by Crippen LogP contribution is 2.32. The number of nitrogens with one attached hydrogen (secondary N) is 1. The highest BCUT2D eigenvalue weighted by molar-refractivity contribution is 5.62. The van der Waals surface area contributed by atoms with Gasteiger partial charge >= 0.3 is 0 Å². The first-order chi connectivity index (χ1) is 8.15. The fourth-order valence-corrected chi connectivity index (χ4v) is 2.47. The number of nitrogens with two attached hydrogens (primary N) is 1. The van der Waals surface area contributed by atoms with Gasteiger partial charge in [0.05, 0.1) is 17.8 Å². The number of anilines is 2. The summed E-state index contributed by atoms with van der Waals surface area (Å²) in [6, 6.07) is 3.76. The molecule has 0 radical (unpaired) electrons. The van der Waals surface area contributed by atoms with E-state index in [1.54, 1.807) is 0 Å². The van der Waals surface area contributed by atoms with E-state index in [0.717, 1.165) is 31.4 Å². The molecule has 2 rings (SSSR count). The standard InChI is InChI=1S/C13H21N3O/c1-10-5-6-11(14)12(15-10)16-13(9-17)7-3-2-4-8-13/h5-6,17H,2-4,7-9,14H2,1H3,(H,15,16). The van der Waals surface area contributed by atoms with Crippen molar-refractivity contribution >= 4 is 11.5 Å². The Kier molecular flexibility index (Phi) is 3.52. The molecule has 1 fully saturated rings. The van der Waals surface area contributed by atoms with Crippen molar-refractivity contribution in [3.63, 3.8) is 0 Å². The van der Waals surface area contributed by atoms with E-state index in [4.69, 9.17) is 5.73 Å². The van der Waals surface area contributed by atoms with E-state index < -0.39 is 0 Å². The van der Waals surface area contributed by atoms with E-state index in [0.29, 0.717) is 11.5 Å². The van der Waals surface area contributed by atoms with Crippen molar-refractivity contribution in [2.75, 3.05) is 17.7 Å². The van der Waals surface area contributed by atoms with Crippen LogP contribution in [0.2, 0.25) is 0 Å². The van der Waals surface area contributed by atoms with Gasteiger partial charge in [-0.05, 0) is 31.9 Å². The van der Waals surface area contributed by atoms with Crippen molar-refractivity contribution < 1.29 is 5.11 Å². The molecular formula is C13H21N3O. The van der Waals surface area contributed by atoms with Gasteiger partial charge in [-0.15, -0.1) is 0 Å². The lowest BCUT2D eigenvalue weighted by Crippen LogP contribution is -2.44. The first-order valence-electron chi connectivity index (χ1n) is 6.27. The Labute approximate surface area is 102 Å². The second-order valence-corrected chi connectivity index (χ2v) is 5.01. The van der Waals surface area contributed by atoms with Gasteiger partial charge in [0.1, 0.15) is 5.82 Å². The summed E-state index contributed by atoms with van der Waals surface area (Å²) in [5, 5.41) is 13.0. The molecule has 1 aromatic rings. The first-order valence-corrected chi connectivity index (χ1v) is 6.27. The van der Waals surface area contributed by atoms with Gasteiger partial charge in [0.2, 0.25) is 0 Å². The Morgan fingerprint density at radius 2 is 2.06 bits per heavy atom. The van der Waals surface area contributed by atoms with Crippen LogP contribution in [0.4, 0.5) is 11.5 Å². The summed E-state index contributed by atoms with van der Waals surface area (Å²) in [5.41, 5.74) is 7.27. The van der Waals surface area contributed by atoms with E-state index in [1.807, 2.05) is 19.1 Å². The van der Waals surface area contributed by atoms with Gasteiger partial charge in [0.15, 0.2) is 0 Å². The summed E-state index contributed by atoms with van der Waals surface area (Å²) in [5.74, 6) is 0.709. The molecule has 0 amide bonds. The van der Waals surface area contributed by atoms with Crippen LogP contribution in [0.25, 0.3) is 0 Å². The van der Waals surface area contributed by atoms with Crippen LogP contribution in [-0.4, -0.2) is 22.2 Å². The third-order valence-corrected chi connectivity index (χ3v) is 3.56. The minimum absolute atomic E-state index is 0.141. The van der Waals surface area contributed by atoms with Crippen molar-refractivity contribution in [1.29, 1.82) is 0 Å². The summed E-state index contributed by atoms with van der Waals surface area (Å²) in [4.78, 5) is 4.41. The normalized spacial score (nSPS) is 18.9. The predicted molar refractivity (Wildman–Crippen MR) is 69.9 cm³/mol. The van der Waals surface area contributed by atoms with Gasteiger partial charge in [0.25, 0.3) is 0 Å². The number of pyridine rings is 1. The third-order valence-electron chi connectivity index (χ3n) is 3.56. The maximum Gasteiger partial charge on any atom is 0.149 e. The Balaban J connectivity index is 2.20. The quantitative estimate of drug-likeness (QED) is 0.750. The Morgan fingerprint density at radius 3 is 2.71 bits per heavy atom. The van der Waals surface area contributed by atoms with E-state index in [9.17, 15) is 5.11 Å². The fourth-order valence-electron chi connectivity index (χ4n) is 2.47. The molecular weight excluding hydrogens is 214 g/mol. The zero-order valence-electron chi connectivity index (χ0n) is 10.4. The van der Waals surface area contributed by atoms with Crippen molar-refractivity contribution in [2.24, 2.45) is 0 Å². The molecule has 0 atom stereocenters. The fraction of sp³-hybridized carbons (Fsp3) is 0.615. The number of aliphatic hydroxyl groups excluding tert-OH is 1. The Hall–Kier alpha value is -1.29. The predicted octanol–water partition coefficient (Wildman–Crippen LogP) is 2.08. The molecule has 1 aliphatic carbocycles. The lowest BCUT2D eigenvalue weighted by molar-refractivity contribution is 0.172. The lowest BCUT2D eigenvalue weighted by Gasteiger charge is -2.37. The van der Waals surface area contributed by atoms with Crippen LogP contribution in [0.1, 0.15) is 37.8 Å². The van der Waals surface area contributed by atoms with Crippen LogP contribution in [0, 0.1) is 6.92 Å². The van der Waals surface area contributed by atoms with Gasteiger partial charge in [-0.2, -0.15) is 0 Å². The van der Waals surface area contributed by atoms with Gasteiger partial charge in [-0.25, -0.2) is 4.98 Å². The average molecular weight is 235 g/mol. The van der Waals surface area contributed by atoms with Crippen LogP contribution < -0.4 is 11.1 Å². The number of hydrogen-bond donors (Lipinski definition) is 3. The molecule has 4 heteroatoms. The van der Waals surface area contributed by atoms with Crippen molar-refractivity contribution in [3.05, 3.63) is 17.8 Å². The number of nitrogen functional groups attached to an aromatic ring is 1. The number of aliphatic hydroxyl groups is 1. The minimum atomic E-state index is -0.229. The topological polar surface area (TPSA) is 71.2 Å². The Bertz CT molecular complexity index is 386.